The predicted molar refractivity (Wildman–Crippen MR) is 83.9 cm³/mol. The topological polar surface area (TPSA) is 41.9 Å². The van der Waals surface area contributed by atoms with Crippen LogP contribution >= 0.6 is 0 Å². The zero-order valence-corrected chi connectivity index (χ0v) is 13.5. The van der Waals surface area contributed by atoms with Gasteiger partial charge in [-0.15, -0.1) is 0 Å². The van der Waals surface area contributed by atoms with Gasteiger partial charge in [-0.25, -0.2) is 0 Å². The van der Waals surface area contributed by atoms with Crippen molar-refractivity contribution in [2.75, 3.05) is 27.3 Å². The lowest BCUT2D eigenvalue weighted by Crippen LogP contribution is -2.36. The van der Waals surface area contributed by atoms with Crippen LogP contribution in [-0.2, 0) is 0 Å². The molecule has 1 fully saturated rings. The Balaban J connectivity index is 2.14. The van der Waals surface area contributed by atoms with E-state index in [1.165, 1.54) is 12.8 Å². The highest BCUT2D eigenvalue weighted by Crippen LogP contribution is 2.32. The van der Waals surface area contributed by atoms with Gasteiger partial charge in [0.2, 0.25) is 0 Å². The van der Waals surface area contributed by atoms with Gasteiger partial charge in [0.05, 0.1) is 20.3 Å². The van der Waals surface area contributed by atoms with Gasteiger partial charge in [-0.3, -0.25) is 4.90 Å². The fourth-order valence-corrected chi connectivity index (χ4v) is 3.25. The number of rotatable bonds is 6. The second-order valence-electron chi connectivity index (χ2n) is 6.07. The van der Waals surface area contributed by atoms with E-state index in [1.54, 1.807) is 14.2 Å². The molecule has 0 aliphatic carbocycles. The molecule has 2 unspecified atom stereocenters. The molecule has 0 saturated carbocycles. The Labute approximate surface area is 127 Å². The number of aliphatic hydroxyl groups excluding tert-OH is 1. The molecule has 1 aromatic rings. The minimum atomic E-state index is -0.561. The predicted octanol–water partition coefficient (Wildman–Crippen LogP) is 2.86. The van der Waals surface area contributed by atoms with E-state index in [4.69, 9.17) is 9.47 Å². The van der Waals surface area contributed by atoms with Crippen LogP contribution in [0.1, 0.15) is 38.4 Å². The number of methoxy groups -OCH3 is 2. The maximum absolute atomic E-state index is 10.6. The van der Waals surface area contributed by atoms with E-state index >= 15 is 0 Å². The van der Waals surface area contributed by atoms with E-state index in [1.807, 2.05) is 18.2 Å². The number of benzene rings is 1. The molecule has 0 spiro atoms. The highest BCUT2D eigenvalue weighted by Gasteiger charge is 2.29. The fraction of sp³-hybridized carbons (Fsp3) is 0.647. The summed E-state index contributed by atoms with van der Waals surface area (Å²) in [6.45, 7) is 6.21. The van der Waals surface area contributed by atoms with Gasteiger partial charge in [0.15, 0.2) is 0 Å². The van der Waals surface area contributed by atoms with Gasteiger partial charge in [-0.1, -0.05) is 13.8 Å². The van der Waals surface area contributed by atoms with Crippen molar-refractivity contribution in [3.63, 3.8) is 0 Å². The number of hydrogen-bond acceptors (Lipinski definition) is 4. The Kier molecular flexibility index (Phi) is 5.48. The van der Waals surface area contributed by atoms with Gasteiger partial charge in [-0.05, 0) is 43.5 Å². The third-order valence-corrected chi connectivity index (χ3v) is 4.39. The summed E-state index contributed by atoms with van der Waals surface area (Å²) in [5.41, 5.74) is 0.797. The smallest absolute Gasteiger partial charge is 0.124 e. The van der Waals surface area contributed by atoms with Gasteiger partial charge in [0.1, 0.15) is 11.5 Å². The molecule has 1 aliphatic heterocycles. The standard InChI is InChI=1S/C17H27NO3/c1-12(2)15-6-5-9-18(15)11-16(19)14-10-13(20-3)7-8-17(14)21-4/h7-8,10,12,15-16,19H,5-6,9,11H2,1-4H3. The molecule has 4 nitrogen and oxygen atoms in total. The molecule has 118 valence electrons. The quantitative estimate of drug-likeness (QED) is 0.876. The Morgan fingerprint density at radius 3 is 2.67 bits per heavy atom. The molecule has 1 aromatic carbocycles. The zero-order valence-electron chi connectivity index (χ0n) is 13.5. The third-order valence-electron chi connectivity index (χ3n) is 4.39. The first kappa shape index (κ1) is 16.1. The highest BCUT2D eigenvalue weighted by molar-refractivity contribution is 5.41. The first-order valence-electron chi connectivity index (χ1n) is 7.70. The normalized spacial score (nSPS) is 20.8. The summed E-state index contributed by atoms with van der Waals surface area (Å²) in [5, 5.41) is 10.6. The van der Waals surface area contributed by atoms with E-state index in [9.17, 15) is 5.11 Å². The molecule has 0 bridgehead atoms. The molecule has 0 amide bonds. The van der Waals surface area contributed by atoms with Crippen LogP contribution in [0.2, 0.25) is 0 Å². The second-order valence-corrected chi connectivity index (χ2v) is 6.07. The summed E-state index contributed by atoms with van der Waals surface area (Å²) in [6, 6.07) is 6.13. The summed E-state index contributed by atoms with van der Waals surface area (Å²) in [4.78, 5) is 2.40. The first-order chi connectivity index (χ1) is 10.1. The summed E-state index contributed by atoms with van der Waals surface area (Å²) < 4.78 is 10.6. The van der Waals surface area contributed by atoms with Crippen molar-refractivity contribution < 1.29 is 14.6 Å². The third kappa shape index (κ3) is 3.69. The van der Waals surface area contributed by atoms with Crippen LogP contribution in [0.4, 0.5) is 0 Å². The molecule has 1 saturated heterocycles. The van der Waals surface area contributed by atoms with E-state index in [0.29, 0.717) is 24.3 Å². The van der Waals surface area contributed by atoms with Gasteiger partial charge >= 0.3 is 0 Å². The lowest BCUT2D eigenvalue weighted by atomic mass is 10.0. The van der Waals surface area contributed by atoms with Gasteiger partial charge in [0.25, 0.3) is 0 Å². The first-order valence-corrected chi connectivity index (χ1v) is 7.70. The van der Waals surface area contributed by atoms with Crippen molar-refractivity contribution in [1.29, 1.82) is 0 Å². The minimum Gasteiger partial charge on any atom is -0.497 e. The molecule has 2 atom stereocenters. The lowest BCUT2D eigenvalue weighted by Gasteiger charge is -2.30. The molecule has 1 heterocycles. The number of β-amino-alcohol motifs (C(OH)–C–C–N with tert-alkyl or cyclic N) is 1. The summed E-state index contributed by atoms with van der Waals surface area (Å²) in [5.74, 6) is 2.07. The van der Waals surface area contributed by atoms with Crippen molar-refractivity contribution >= 4 is 0 Å². The summed E-state index contributed by atoms with van der Waals surface area (Å²) in [6.07, 6.45) is 1.87. The fourth-order valence-electron chi connectivity index (χ4n) is 3.25. The monoisotopic (exact) mass is 293 g/mol. The molecule has 21 heavy (non-hydrogen) atoms. The average Bonchev–Trinajstić information content (AvgIpc) is 2.94. The maximum Gasteiger partial charge on any atom is 0.124 e. The number of likely N-dealkylation sites (tertiary alicyclic amines) is 1. The Morgan fingerprint density at radius 1 is 1.29 bits per heavy atom. The number of ether oxygens (including phenoxy) is 2. The molecular weight excluding hydrogens is 266 g/mol. The molecule has 4 heteroatoms. The van der Waals surface area contributed by atoms with Crippen LogP contribution in [-0.4, -0.2) is 43.4 Å². The van der Waals surface area contributed by atoms with E-state index in [0.717, 1.165) is 17.9 Å². The van der Waals surface area contributed by atoms with Crippen molar-refractivity contribution in [2.45, 2.75) is 38.8 Å². The van der Waals surface area contributed by atoms with Crippen LogP contribution < -0.4 is 9.47 Å². The lowest BCUT2D eigenvalue weighted by molar-refractivity contribution is 0.0919. The van der Waals surface area contributed by atoms with Gasteiger partial charge in [0, 0.05) is 18.2 Å². The Morgan fingerprint density at radius 2 is 2.05 bits per heavy atom. The number of nitrogens with zero attached hydrogens (tertiary/aromatic N) is 1. The van der Waals surface area contributed by atoms with Crippen LogP contribution in [0.3, 0.4) is 0 Å². The molecule has 1 N–H and O–H groups in total. The van der Waals surface area contributed by atoms with Gasteiger partial charge in [-0.2, -0.15) is 0 Å². The summed E-state index contributed by atoms with van der Waals surface area (Å²) >= 11 is 0. The molecule has 0 aromatic heterocycles. The number of hydrogen-bond donors (Lipinski definition) is 1. The van der Waals surface area contributed by atoms with Crippen LogP contribution in [0.5, 0.6) is 11.5 Å². The van der Waals surface area contributed by atoms with E-state index in [2.05, 4.69) is 18.7 Å². The zero-order chi connectivity index (χ0) is 15.4. The number of aliphatic hydroxyl groups is 1. The van der Waals surface area contributed by atoms with Crippen LogP contribution in [0.15, 0.2) is 18.2 Å². The van der Waals surface area contributed by atoms with Gasteiger partial charge < -0.3 is 14.6 Å². The van der Waals surface area contributed by atoms with Crippen LogP contribution in [0.25, 0.3) is 0 Å². The van der Waals surface area contributed by atoms with Crippen molar-refractivity contribution in [2.24, 2.45) is 5.92 Å². The molecule has 1 aliphatic rings. The second kappa shape index (κ2) is 7.14. The highest BCUT2D eigenvalue weighted by atomic mass is 16.5. The summed E-state index contributed by atoms with van der Waals surface area (Å²) in [7, 11) is 3.26. The Hall–Kier alpha value is -1.26. The van der Waals surface area contributed by atoms with Crippen molar-refractivity contribution in [1.82, 2.24) is 4.90 Å². The van der Waals surface area contributed by atoms with E-state index in [-0.39, 0.29) is 0 Å². The Bertz CT molecular complexity index is 461. The minimum absolute atomic E-state index is 0.561. The molecule has 2 rings (SSSR count). The molecule has 0 radical (unpaired) electrons. The SMILES string of the molecule is COc1ccc(OC)c(C(O)CN2CCCC2C(C)C)c1. The largest absolute Gasteiger partial charge is 0.497 e. The maximum atomic E-state index is 10.6. The van der Waals surface area contributed by atoms with E-state index < -0.39 is 6.10 Å². The van der Waals surface area contributed by atoms with Crippen LogP contribution in [0, 0.1) is 5.92 Å². The van der Waals surface area contributed by atoms with Crippen molar-refractivity contribution in [3.05, 3.63) is 23.8 Å². The average molecular weight is 293 g/mol. The van der Waals surface area contributed by atoms with Crippen molar-refractivity contribution in [3.8, 4) is 11.5 Å². The molecular formula is C17H27NO3.